The molecular formula is C11H22N2O. The van der Waals surface area contributed by atoms with Gasteiger partial charge in [0.15, 0.2) is 0 Å². The number of rotatable bonds is 3. The summed E-state index contributed by atoms with van der Waals surface area (Å²) in [5.74, 6) is 0. The number of carbonyl (C=O) groups excluding carboxylic acids is 1. The predicted octanol–water partition coefficient (Wildman–Crippen LogP) is 2.32. The third-order valence-electron chi connectivity index (χ3n) is 3.15. The minimum Gasteiger partial charge on any atom is -0.328 e. The molecule has 0 N–H and O–H groups in total. The van der Waals surface area contributed by atoms with Crippen LogP contribution >= 0.6 is 0 Å². The van der Waals surface area contributed by atoms with Gasteiger partial charge < -0.3 is 9.80 Å². The molecule has 0 atom stereocenters. The van der Waals surface area contributed by atoms with Crippen LogP contribution in [-0.4, -0.2) is 42.0 Å². The first-order chi connectivity index (χ1) is 6.70. The Morgan fingerprint density at radius 3 is 2.21 bits per heavy atom. The van der Waals surface area contributed by atoms with Crippen molar-refractivity contribution in [3.05, 3.63) is 0 Å². The van der Waals surface area contributed by atoms with E-state index in [1.807, 2.05) is 18.9 Å². The lowest BCUT2D eigenvalue weighted by Crippen LogP contribution is -2.45. The molecule has 1 rings (SSSR count). The van der Waals surface area contributed by atoms with Gasteiger partial charge >= 0.3 is 6.03 Å². The highest BCUT2D eigenvalue weighted by atomic mass is 16.2. The Morgan fingerprint density at radius 2 is 1.79 bits per heavy atom. The third kappa shape index (κ3) is 2.40. The van der Waals surface area contributed by atoms with Crippen LogP contribution in [-0.2, 0) is 0 Å². The van der Waals surface area contributed by atoms with Crippen LogP contribution in [0.25, 0.3) is 0 Å². The number of nitrogens with zero attached hydrogens (tertiary/aromatic N) is 2. The van der Waals surface area contributed by atoms with Gasteiger partial charge in [0.2, 0.25) is 0 Å². The van der Waals surface area contributed by atoms with Crippen LogP contribution in [0.2, 0.25) is 0 Å². The van der Waals surface area contributed by atoms with E-state index in [4.69, 9.17) is 0 Å². The van der Waals surface area contributed by atoms with Gasteiger partial charge in [-0.3, -0.25) is 0 Å². The molecular weight excluding hydrogens is 176 g/mol. The second-order valence-electron chi connectivity index (χ2n) is 4.02. The maximum atomic E-state index is 11.9. The molecule has 0 spiro atoms. The van der Waals surface area contributed by atoms with Crippen molar-refractivity contribution in [3.63, 3.8) is 0 Å². The van der Waals surface area contributed by atoms with Crippen molar-refractivity contribution in [1.82, 2.24) is 9.80 Å². The summed E-state index contributed by atoms with van der Waals surface area (Å²) in [6, 6.07) is 0.698. The van der Waals surface area contributed by atoms with Gasteiger partial charge in [-0.05, 0) is 26.7 Å². The highest BCUT2D eigenvalue weighted by molar-refractivity contribution is 5.74. The summed E-state index contributed by atoms with van der Waals surface area (Å²) in [6.45, 7) is 5.72. The Labute approximate surface area is 87.1 Å². The van der Waals surface area contributed by atoms with Crippen molar-refractivity contribution in [2.75, 3.05) is 20.1 Å². The van der Waals surface area contributed by atoms with Crippen molar-refractivity contribution >= 4 is 6.03 Å². The van der Waals surface area contributed by atoms with Crippen LogP contribution in [0.5, 0.6) is 0 Å². The summed E-state index contributed by atoms with van der Waals surface area (Å²) >= 11 is 0. The quantitative estimate of drug-likeness (QED) is 0.682. The molecule has 0 aromatic rings. The summed E-state index contributed by atoms with van der Waals surface area (Å²) in [5, 5.41) is 0. The van der Waals surface area contributed by atoms with Crippen molar-refractivity contribution in [3.8, 4) is 0 Å². The predicted molar refractivity (Wildman–Crippen MR) is 58.3 cm³/mol. The van der Waals surface area contributed by atoms with E-state index in [1.165, 1.54) is 25.7 Å². The molecule has 82 valence electrons. The average molecular weight is 198 g/mol. The highest BCUT2D eigenvalue weighted by Gasteiger charge is 2.26. The van der Waals surface area contributed by atoms with E-state index >= 15 is 0 Å². The fraction of sp³-hybridized carbons (Fsp3) is 0.909. The van der Waals surface area contributed by atoms with Gasteiger partial charge in [-0.2, -0.15) is 0 Å². The van der Waals surface area contributed by atoms with Crippen molar-refractivity contribution < 1.29 is 4.79 Å². The van der Waals surface area contributed by atoms with E-state index in [-0.39, 0.29) is 6.03 Å². The van der Waals surface area contributed by atoms with E-state index in [0.717, 1.165) is 13.1 Å². The van der Waals surface area contributed by atoms with Crippen molar-refractivity contribution in [2.24, 2.45) is 0 Å². The zero-order chi connectivity index (χ0) is 10.6. The second kappa shape index (κ2) is 5.23. The van der Waals surface area contributed by atoms with Crippen LogP contribution in [0.4, 0.5) is 4.79 Å². The Balaban J connectivity index is 2.55. The van der Waals surface area contributed by atoms with Crippen molar-refractivity contribution in [2.45, 2.75) is 45.6 Å². The Bertz CT molecular complexity index is 188. The van der Waals surface area contributed by atoms with Crippen LogP contribution in [0.3, 0.4) is 0 Å². The maximum absolute atomic E-state index is 11.9. The normalized spacial score (nSPS) is 17.1. The monoisotopic (exact) mass is 198 g/mol. The first-order valence-electron chi connectivity index (χ1n) is 5.72. The minimum atomic E-state index is 0.196. The molecule has 1 fully saturated rings. The van der Waals surface area contributed by atoms with E-state index in [2.05, 4.69) is 6.92 Å². The SMILES string of the molecule is CCN(C)C(=O)N(CC)C1CCCC1. The molecule has 1 aliphatic rings. The van der Waals surface area contributed by atoms with Gasteiger partial charge in [0.1, 0.15) is 0 Å². The summed E-state index contributed by atoms with van der Waals surface area (Å²) in [7, 11) is 1.87. The molecule has 0 unspecified atom stereocenters. The molecule has 0 bridgehead atoms. The van der Waals surface area contributed by atoms with Gasteiger partial charge in [-0.25, -0.2) is 4.79 Å². The Morgan fingerprint density at radius 1 is 1.21 bits per heavy atom. The molecule has 0 aliphatic heterocycles. The van der Waals surface area contributed by atoms with E-state index in [0.29, 0.717) is 6.04 Å². The largest absolute Gasteiger partial charge is 0.328 e. The van der Waals surface area contributed by atoms with Gasteiger partial charge in [0.05, 0.1) is 0 Å². The summed E-state index contributed by atoms with van der Waals surface area (Å²) in [5.41, 5.74) is 0. The number of hydrogen-bond acceptors (Lipinski definition) is 1. The number of urea groups is 1. The number of carbonyl (C=O) groups is 1. The van der Waals surface area contributed by atoms with Crippen LogP contribution < -0.4 is 0 Å². The zero-order valence-corrected chi connectivity index (χ0v) is 9.62. The fourth-order valence-electron chi connectivity index (χ4n) is 2.12. The van der Waals surface area contributed by atoms with E-state index < -0.39 is 0 Å². The van der Waals surface area contributed by atoms with Crippen molar-refractivity contribution in [1.29, 1.82) is 0 Å². The van der Waals surface area contributed by atoms with Crippen LogP contribution in [0, 0.1) is 0 Å². The van der Waals surface area contributed by atoms with Crippen LogP contribution in [0.15, 0.2) is 0 Å². The molecule has 3 heteroatoms. The lowest BCUT2D eigenvalue weighted by molar-refractivity contribution is 0.147. The molecule has 1 saturated carbocycles. The fourth-order valence-corrected chi connectivity index (χ4v) is 2.12. The first kappa shape index (κ1) is 11.3. The molecule has 0 aromatic carbocycles. The Hall–Kier alpha value is -0.730. The summed E-state index contributed by atoms with van der Waals surface area (Å²) in [6.07, 6.45) is 4.95. The first-order valence-corrected chi connectivity index (χ1v) is 5.72. The van der Waals surface area contributed by atoms with Gasteiger partial charge in [-0.1, -0.05) is 12.8 Å². The topological polar surface area (TPSA) is 23.6 Å². The third-order valence-corrected chi connectivity index (χ3v) is 3.15. The minimum absolute atomic E-state index is 0.196. The molecule has 2 amide bonds. The second-order valence-corrected chi connectivity index (χ2v) is 4.02. The molecule has 1 aliphatic carbocycles. The molecule has 14 heavy (non-hydrogen) atoms. The lowest BCUT2D eigenvalue weighted by Gasteiger charge is -2.31. The highest BCUT2D eigenvalue weighted by Crippen LogP contribution is 2.23. The molecule has 0 radical (unpaired) electrons. The van der Waals surface area contributed by atoms with Crippen LogP contribution in [0.1, 0.15) is 39.5 Å². The molecule has 3 nitrogen and oxygen atoms in total. The smallest absolute Gasteiger partial charge is 0.319 e. The number of amides is 2. The summed E-state index contributed by atoms with van der Waals surface area (Å²) < 4.78 is 0. The van der Waals surface area contributed by atoms with E-state index in [9.17, 15) is 4.79 Å². The number of hydrogen-bond donors (Lipinski definition) is 0. The van der Waals surface area contributed by atoms with Gasteiger partial charge in [-0.15, -0.1) is 0 Å². The standard InChI is InChI=1S/C11H22N2O/c1-4-12(3)11(14)13(5-2)10-8-6-7-9-10/h10H,4-9H2,1-3H3. The summed E-state index contributed by atoms with van der Waals surface area (Å²) in [4.78, 5) is 15.8. The van der Waals surface area contributed by atoms with Gasteiger partial charge in [0.25, 0.3) is 0 Å². The lowest BCUT2D eigenvalue weighted by atomic mass is 10.2. The van der Waals surface area contributed by atoms with Gasteiger partial charge in [0, 0.05) is 26.2 Å². The zero-order valence-electron chi connectivity index (χ0n) is 9.62. The molecule has 0 heterocycles. The molecule has 0 aromatic heterocycles. The Kier molecular flexibility index (Phi) is 4.23. The maximum Gasteiger partial charge on any atom is 0.319 e. The average Bonchev–Trinajstić information content (AvgIpc) is 2.71. The molecule has 0 saturated heterocycles. The van der Waals surface area contributed by atoms with E-state index in [1.54, 1.807) is 4.90 Å².